The highest BCUT2D eigenvalue weighted by Gasteiger charge is 2.42. The van der Waals surface area contributed by atoms with Crippen molar-refractivity contribution in [2.45, 2.75) is 33.0 Å². The third-order valence-corrected chi connectivity index (χ3v) is 7.52. The van der Waals surface area contributed by atoms with Crippen LogP contribution in [0.5, 0.6) is 0 Å². The lowest BCUT2D eigenvalue weighted by Gasteiger charge is -2.26. The molecule has 4 heterocycles. The van der Waals surface area contributed by atoms with Crippen LogP contribution in [0.2, 0.25) is 0 Å². The van der Waals surface area contributed by atoms with Gasteiger partial charge in [0.05, 0.1) is 28.6 Å². The maximum absolute atomic E-state index is 13.5. The van der Waals surface area contributed by atoms with E-state index in [0.29, 0.717) is 33.1 Å². The Labute approximate surface area is 214 Å². The van der Waals surface area contributed by atoms with Crippen molar-refractivity contribution in [2.24, 2.45) is 11.8 Å². The summed E-state index contributed by atoms with van der Waals surface area (Å²) in [6.07, 6.45) is 2.49. The van der Waals surface area contributed by atoms with Crippen molar-refractivity contribution in [3.63, 3.8) is 0 Å². The lowest BCUT2D eigenvalue weighted by atomic mass is 9.88. The number of carbonyl (C=O) groups is 1. The monoisotopic (exact) mass is 524 g/mol. The maximum atomic E-state index is 13.5. The van der Waals surface area contributed by atoms with E-state index in [2.05, 4.69) is 15.3 Å². The molecule has 6 nitrogen and oxygen atoms in total. The van der Waals surface area contributed by atoms with E-state index in [0.717, 1.165) is 11.0 Å². The minimum Gasteiger partial charge on any atom is -0.344 e. The molecule has 0 saturated carbocycles. The van der Waals surface area contributed by atoms with Gasteiger partial charge in [-0.3, -0.25) is 19.1 Å². The second kappa shape index (κ2) is 9.26. The van der Waals surface area contributed by atoms with Crippen molar-refractivity contribution in [1.82, 2.24) is 19.9 Å². The second-order valence-corrected chi connectivity index (χ2v) is 10.2. The van der Waals surface area contributed by atoms with Gasteiger partial charge in [-0.2, -0.15) is 13.2 Å². The number of aryl methyl sites for hydroxylation is 1. The largest absolute Gasteiger partial charge is 0.395 e. The van der Waals surface area contributed by atoms with E-state index in [4.69, 9.17) is 0 Å². The predicted molar refractivity (Wildman–Crippen MR) is 138 cm³/mol. The summed E-state index contributed by atoms with van der Waals surface area (Å²) in [5, 5.41) is 6.33. The summed E-state index contributed by atoms with van der Waals surface area (Å²) in [4.78, 5) is 36.2. The van der Waals surface area contributed by atoms with Crippen LogP contribution in [-0.4, -0.2) is 26.6 Å². The highest BCUT2D eigenvalue weighted by Crippen LogP contribution is 2.38. The van der Waals surface area contributed by atoms with E-state index < -0.39 is 18.0 Å². The van der Waals surface area contributed by atoms with Crippen molar-refractivity contribution < 1.29 is 18.0 Å². The summed E-state index contributed by atoms with van der Waals surface area (Å²) >= 11 is 1.39. The summed E-state index contributed by atoms with van der Waals surface area (Å²) in [5.41, 5.74) is 1.24. The van der Waals surface area contributed by atoms with Crippen LogP contribution in [0.15, 0.2) is 65.1 Å². The summed E-state index contributed by atoms with van der Waals surface area (Å²) in [6.45, 7) is 5.17. The van der Waals surface area contributed by atoms with E-state index in [1.807, 2.05) is 26.0 Å². The molecule has 1 aliphatic rings. The first kappa shape index (κ1) is 24.9. The van der Waals surface area contributed by atoms with Crippen LogP contribution in [0.4, 0.5) is 13.2 Å². The average Bonchev–Trinajstić information content (AvgIpc) is 3.26. The summed E-state index contributed by atoms with van der Waals surface area (Å²) in [7, 11) is 0. The molecule has 0 spiro atoms. The molecular weight excluding hydrogens is 501 g/mol. The number of amides is 1. The highest BCUT2D eigenvalue weighted by atomic mass is 32.1. The summed E-state index contributed by atoms with van der Waals surface area (Å²) in [5.74, 6) is -2.85. The third-order valence-electron chi connectivity index (χ3n) is 6.61. The standard InChI is InChI=1S/C27H23F3N4O2S/c1-14-10-18(7-8-21(14)27(28,29)30)34-24-19(23-16(3)37-13-20(23)26(34)36)11-17(12-32-24)25(35)33-15(2)22-6-4-5-9-31-22/h4-15,21H,1-3H3,(H,33,35)/t14?,15-,21?/m0/s1. The van der Waals surface area contributed by atoms with Crippen LogP contribution in [0, 0.1) is 18.8 Å². The smallest absolute Gasteiger partial charge is 0.344 e. The Morgan fingerprint density at radius 1 is 1.22 bits per heavy atom. The number of pyridine rings is 3. The van der Waals surface area contributed by atoms with Gasteiger partial charge in [0.25, 0.3) is 11.5 Å². The third kappa shape index (κ3) is 4.46. The molecule has 1 amide bonds. The van der Waals surface area contributed by atoms with Crippen molar-refractivity contribution in [2.75, 3.05) is 0 Å². The van der Waals surface area contributed by atoms with Crippen LogP contribution in [-0.2, 0) is 0 Å². The first-order valence-corrected chi connectivity index (χ1v) is 12.6. The van der Waals surface area contributed by atoms with Crippen molar-refractivity contribution in [3.8, 4) is 0 Å². The Morgan fingerprint density at radius 2 is 2.00 bits per heavy atom. The molecule has 5 rings (SSSR count). The summed E-state index contributed by atoms with van der Waals surface area (Å²) in [6, 6.07) is 6.78. The number of alkyl halides is 3. The molecular formula is C27H23F3N4O2S. The first-order valence-electron chi connectivity index (χ1n) is 11.7. The fourth-order valence-electron chi connectivity index (χ4n) is 4.70. The SMILES string of the molecule is Cc1scc2c(=O)n(C3=CC(C)C(C(F)(F)F)C=C3)c3ncc(C(=O)N[C@@H](C)c4ccccn4)cc3c12. The van der Waals surface area contributed by atoms with Gasteiger partial charge in [0.1, 0.15) is 5.65 Å². The fraction of sp³-hybridized carbons (Fsp3) is 0.259. The van der Waals surface area contributed by atoms with Gasteiger partial charge in [0.2, 0.25) is 0 Å². The quantitative estimate of drug-likeness (QED) is 0.354. The van der Waals surface area contributed by atoms with Crippen LogP contribution in [0.3, 0.4) is 0 Å². The number of hydrogen-bond donors (Lipinski definition) is 1. The molecule has 0 aliphatic heterocycles. The van der Waals surface area contributed by atoms with Gasteiger partial charge in [0, 0.05) is 39.1 Å². The Balaban J connectivity index is 1.62. The zero-order chi connectivity index (χ0) is 26.5. The molecule has 190 valence electrons. The van der Waals surface area contributed by atoms with E-state index in [9.17, 15) is 22.8 Å². The van der Waals surface area contributed by atoms with Crippen molar-refractivity contribution in [1.29, 1.82) is 0 Å². The Morgan fingerprint density at radius 3 is 2.68 bits per heavy atom. The van der Waals surface area contributed by atoms with Crippen LogP contribution < -0.4 is 10.9 Å². The van der Waals surface area contributed by atoms with E-state index in [1.54, 1.807) is 23.7 Å². The number of aromatic nitrogens is 3. The Bertz CT molecular complexity index is 1640. The molecule has 0 fully saturated rings. The minimum atomic E-state index is -4.38. The number of carbonyl (C=O) groups excluding carboxylic acids is 1. The van der Waals surface area contributed by atoms with E-state index in [1.165, 1.54) is 41.2 Å². The molecule has 4 aromatic rings. The van der Waals surface area contributed by atoms with Crippen molar-refractivity contribution >= 4 is 44.7 Å². The number of allylic oxidation sites excluding steroid dienone is 4. The average molecular weight is 525 g/mol. The van der Waals surface area contributed by atoms with Gasteiger partial charge < -0.3 is 5.32 Å². The molecule has 0 aromatic carbocycles. The van der Waals surface area contributed by atoms with Gasteiger partial charge in [-0.05, 0) is 44.0 Å². The number of thiophene rings is 1. The minimum absolute atomic E-state index is 0.280. The summed E-state index contributed by atoms with van der Waals surface area (Å²) < 4.78 is 41.5. The number of nitrogens with zero attached hydrogens (tertiary/aromatic N) is 3. The first-order chi connectivity index (χ1) is 17.6. The van der Waals surface area contributed by atoms with Crippen LogP contribution >= 0.6 is 11.3 Å². The molecule has 2 unspecified atom stereocenters. The number of hydrogen-bond acceptors (Lipinski definition) is 5. The number of nitrogens with one attached hydrogen (secondary N) is 1. The topological polar surface area (TPSA) is 76.9 Å². The number of fused-ring (bicyclic) bond motifs is 3. The van der Waals surface area contributed by atoms with Gasteiger partial charge in [0.15, 0.2) is 0 Å². The van der Waals surface area contributed by atoms with E-state index >= 15 is 0 Å². The van der Waals surface area contributed by atoms with Crippen LogP contribution in [0.25, 0.3) is 27.5 Å². The molecule has 4 aromatic heterocycles. The lowest BCUT2D eigenvalue weighted by molar-refractivity contribution is -0.168. The van der Waals surface area contributed by atoms with Crippen LogP contribution in [0.1, 0.15) is 40.8 Å². The van der Waals surface area contributed by atoms with Crippen molar-refractivity contribution in [3.05, 3.63) is 86.8 Å². The molecule has 0 saturated heterocycles. The molecule has 0 bridgehead atoms. The normalized spacial score (nSPS) is 18.7. The zero-order valence-corrected chi connectivity index (χ0v) is 21.0. The predicted octanol–water partition coefficient (Wildman–Crippen LogP) is 6.03. The fourth-order valence-corrected chi connectivity index (χ4v) is 5.55. The maximum Gasteiger partial charge on any atom is 0.395 e. The molecule has 37 heavy (non-hydrogen) atoms. The molecule has 1 N–H and O–H groups in total. The zero-order valence-electron chi connectivity index (χ0n) is 20.2. The van der Waals surface area contributed by atoms with E-state index in [-0.39, 0.29) is 23.2 Å². The number of rotatable bonds is 4. The molecule has 0 radical (unpaired) electrons. The number of halogens is 3. The molecule has 1 aliphatic carbocycles. The van der Waals surface area contributed by atoms with Gasteiger partial charge in [-0.15, -0.1) is 11.3 Å². The molecule has 3 atom stereocenters. The van der Waals surface area contributed by atoms with Gasteiger partial charge in [-0.1, -0.05) is 25.1 Å². The van der Waals surface area contributed by atoms with Gasteiger partial charge in [-0.25, -0.2) is 4.98 Å². The lowest BCUT2D eigenvalue weighted by Crippen LogP contribution is -2.30. The Kier molecular flexibility index (Phi) is 6.23. The highest BCUT2D eigenvalue weighted by molar-refractivity contribution is 7.11. The second-order valence-electron chi connectivity index (χ2n) is 9.14. The van der Waals surface area contributed by atoms with Gasteiger partial charge >= 0.3 is 6.18 Å². The Hall–Kier alpha value is -3.79. The molecule has 10 heteroatoms.